The number of thiophene rings is 1. The molecule has 0 aliphatic carbocycles. The normalized spacial score (nSPS) is 11.1. The fourth-order valence-electron chi connectivity index (χ4n) is 3.10. The maximum Gasteiger partial charge on any atom is 0.256 e. The summed E-state index contributed by atoms with van der Waals surface area (Å²) in [6.07, 6.45) is 0. The fourth-order valence-corrected chi connectivity index (χ4v) is 4.63. The van der Waals surface area contributed by atoms with Gasteiger partial charge in [-0.25, -0.2) is 4.98 Å². The molecule has 31 heavy (non-hydrogen) atoms. The third-order valence-corrected chi connectivity index (χ3v) is 6.38. The van der Waals surface area contributed by atoms with E-state index in [-0.39, 0.29) is 23.6 Å². The Labute approximate surface area is 188 Å². The van der Waals surface area contributed by atoms with Gasteiger partial charge >= 0.3 is 0 Å². The van der Waals surface area contributed by atoms with E-state index in [1.165, 1.54) is 11.8 Å². The van der Waals surface area contributed by atoms with Gasteiger partial charge in [-0.1, -0.05) is 18.2 Å². The van der Waals surface area contributed by atoms with Gasteiger partial charge in [-0.15, -0.1) is 23.1 Å². The number of anilines is 1. The van der Waals surface area contributed by atoms with E-state index in [4.69, 9.17) is 0 Å². The zero-order chi connectivity index (χ0) is 21.8. The number of hydrogen-bond acceptors (Lipinski definition) is 5. The molecule has 2 heterocycles. The van der Waals surface area contributed by atoms with Crippen molar-refractivity contribution in [3.05, 3.63) is 65.5 Å². The van der Waals surface area contributed by atoms with Crippen LogP contribution in [0.25, 0.3) is 21.7 Å². The van der Waals surface area contributed by atoms with Gasteiger partial charge in [0.1, 0.15) is 5.82 Å². The number of H-pyrrole nitrogens is 1. The number of thioether (sulfide) groups is 1. The minimum atomic E-state index is -0.218. The molecule has 6 nitrogen and oxygen atoms in total. The van der Waals surface area contributed by atoms with Crippen molar-refractivity contribution in [1.29, 1.82) is 0 Å². The minimum absolute atomic E-state index is 0.0542. The SMILES string of the molecule is CC(C)NC(=O)CSc1ccccc1C(=O)Nc1ccc2nc(-c3cccs3)[nH]c2c1. The van der Waals surface area contributed by atoms with Crippen molar-refractivity contribution in [2.75, 3.05) is 11.1 Å². The highest BCUT2D eigenvalue weighted by Crippen LogP contribution is 2.27. The molecular weight excluding hydrogens is 428 g/mol. The lowest BCUT2D eigenvalue weighted by Crippen LogP contribution is -2.31. The lowest BCUT2D eigenvalue weighted by Gasteiger charge is -2.11. The molecule has 4 aromatic rings. The largest absolute Gasteiger partial charge is 0.353 e. The number of nitrogens with zero attached hydrogens (tertiary/aromatic N) is 1. The van der Waals surface area contributed by atoms with E-state index in [1.807, 2.05) is 67.8 Å². The summed E-state index contributed by atoms with van der Waals surface area (Å²) in [4.78, 5) is 34.7. The molecule has 4 rings (SSSR count). The summed E-state index contributed by atoms with van der Waals surface area (Å²) in [5.41, 5.74) is 2.91. The summed E-state index contributed by atoms with van der Waals surface area (Å²) in [7, 11) is 0. The number of aromatic amines is 1. The fraction of sp³-hybridized carbons (Fsp3) is 0.174. The zero-order valence-corrected chi connectivity index (χ0v) is 18.8. The predicted octanol–water partition coefficient (Wildman–Crippen LogP) is 5.16. The molecule has 0 aliphatic rings. The Kier molecular flexibility index (Phi) is 6.39. The van der Waals surface area contributed by atoms with E-state index < -0.39 is 0 Å². The van der Waals surface area contributed by atoms with Gasteiger partial charge in [-0.05, 0) is 55.6 Å². The molecule has 2 aromatic heterocycles. The van der Waals surface area contributed by atoms with Gasteiger partial charge in [0.15, 0.2) is 0 Å². The maximum absolute atomic E-state index is 12.9. The molecule has 2 amide bonds. The predicted molar refractivity (Wildman–Crippen MR) is 128 cm³/mol. The molecule has 0 unspecified atom stereocenters. The summed E-state index contributed by atoms with van der Waals surface area (Å²) in [6.45, 7) is 3.84. The number of nitrogens with one attached hydrogen (secondary N) is 3. The summed E-state index contributed by atoms with van der Waals surface area (Å²) < 4.78 is 0. The number of imidazole rings is 1. The molecule has 2 aromatic carbocycles. The Bertz CT molecular complexity index is 1220. The molecule has 0 spiro atoms. The van der Waals surface area contributed by atoms with Crippen molar-refractivity contribution >= 4 is 51.6 Å². The molecule has 0 radical (unpaired) electrons. The van der Waals surface area contributed by atoms with Crippen LogP contribution in [0.3, 0.4) is 0 Å². The van der Waals surface area contributed by atoms with E-state index in [1.54, 1.807) is 17.4 Å². The van der Waals surface area contributed by atoms with E-state index in [0.29, 0.717) is 11.3 Å². The standard InChI is InChI=1S/C23H22N4O2S2/c1-14(2)24-21(28)13-31-19-7-4-3-6-16(19)23(29)25-15-9-10-17-18(12-15)27-22(26-17)20-8-5-11-30-20/h3-12,14H,13H2,1-2H3,(H,24,28)(H,25,29)(H,26,27). The molecule has 0 saturated carbocycles. The number of rotatable bonds is 7. The van der Waals surface area contributed by atoms with Crippen molar-refractivity contribution < 1.29 is 9.59 Å². The van der Waals surface area contributed by atoms with Crippen LogP contribution in [0.15, 0.2) is 64.9 Å². The first-order chi connectivity index (χ1) is 15.0. The molecule has 3 N–H and O–H groups in total. The number of hydrogen-bond donors (Lipinski definition) is 3. The van der Waals surface area contributed by atoms with Gasteiger partial charge in [-0.3, -0.25) is 9.59 Å². The van der Waals surface area contributed by atoms with E-state index in [0.717, 1.165) is 26.6 Å². The van der Waals surface area contributed by atoms with Crippen molar-refractivity contribution in [3.63, 3.8) is 0 Å². The molecule has 8 heteroatoms. The van der Waals surface area contributed by atoms with Crippen molar-refractivity contribution in [3.8, 4) is 10.7 Å². The van der Waals surface area contributed by atoms with Gasteiger partial charge in [0.05, 0.1) is 27.2 Å². The van der Waals surface area contributed by atoms with Crippen LogP contribution in [-0.4, -0.2) is 33.6 Å². The van der Waals surface area contributed by atoms with Gasteiger partial charge in [0, 0.05) is 16.6 Å². The third kappa shape index (κ3) is 5.15. The van der Waals surface area contributed by atoms with Crippen LogP contribution >= 0.6 is 23.1 Å². The van der Waals surface area contributed by atoms with Crippen LogP contribution in [-0.2, 0) is 4.79 Å². The summed E-state index contributed by atoms with van der Waals surface area (Å²) >= 11 is 2.97. The number of carbonyl (C=O) groups is 2. The van der Waals surface area contributed by atoms with E-state index >= 15 is 0 Å². The first-order valence-corrected chi connectivity index (χ1v) is 11.7. The minimum Gasteiger partial charge on any atom is -0.353 e. The molecule has 158 valence electrons. The molecule has 0 aliphatic heterocycles. The second-order valence-electron chi connectivity index (χ2n) is 7.26. The average Bonchev–Trinajstić information content (AvgIpc) is 3.41. The van der Waals surface area contributed by atoms with Crippen LogP contribution in [0.1, 0.15) is 24.2 Å². The highest BCUT2D eigenvalue weighted by molar-refractivity contribution is 8.00. The highest BCUT2D eigenvalue weighted by Gasteiger charge is 2.14. The van der Waals surface area contributed by atoms with Crippen LogP contribution in [0, 0.1) is 0 Å². The highest BCUT2D eigenvalue weighted by atomic mass is 32.2. The first kappa shape index (κ1) is 21.1. The van der Waals surface area contributed by atoms with Gasteiger partial charge < -0.3 is 15.6 Å². The second-order valence-corrected chi connectivity index (χ2v) is 9.22. The van der Waals surface area contributed by atoms with E-state index in [9.17, 15) is 9.59 Å². The third-order valence-electron chi connectivity index (χ3n) is 4.43. The number of carbonyl (C=O) groups excluding carboxylic acids is 2. The summed E-state index contributed by atoms with van der Waals surface area (Å²) in [6, 6.07) is 17.0. The number of aromatic nitrogens is 2. The summed E-state index contributed by atoms with van der Waals surface area (Å²) in [5.74, 6) is 0.801. The average molecular weight is 451 g/mol. The molecule has 0 bridgehead atoms. The van der Waals surface area contributed by atoms with Crippen LogP contribution < -0.4 is 10.6 Å². The lowest BCUT2D eigenvalue weighted by atomic mass is 10.2. The van der Waals surface area contributed by atoms with E-state index in [2.05, 4.69) is 20.6 Å². The van der Waals surface area contributed by atoms with Crippen LogP contribution in [0.4, 0.5) is 5.69 Å². The van der Waals surface area contributed by atoms with Crippen molar-refractivity contribution in [1.82, 2.24) is 15.3 Å². The number of benzene rings is 2. The number of fused-ring (bicyclic) bond motifs is 1. The second kappa shape index (κ2) is 9.36. The zero-order valence-electron chi connectivity index (χ0n) is 17.1. The van der Waals surface area contributed by atoms with Crippen LogP contribution in [0.2, 0.25) is 0 Å². The molecule has 0 atom stereocenters. The van der Waals surface area contributed by atoms with Gasteiger partial charge in [-0.2, -0.15) is 0 Å². The Hall–Kier alpha value is -3.10. The van der Waals surface area contributed by atoms with Gasteiger partial charge in [0.2, 0.25) is 5.91 Å². The Morgan fingerprint density at radius 2 is 1.97 bits per heavy atom. The van der Waals surface area contributed by atoms with Crippen molar-refractivity contribution in [2.24, 2.45) is 0 Å². The summed E-state index contributed by atoms with van der Waals surface area (Å²) in [5, 5.41) is 7.83. The maximum atomic E-state index is 12.9. The van der Waals surface area contributed by atoms with Crippen LogP contribution in [0.5, 0.6) is 0 Å². The molecule has 0 saturated heterocycles. The Balaban J connectivity index is 1.49. The Morgan fingerprint density at radius 3 is 2.74 bits per heavy atom. The lowest BCUT2D eigenvalue weighted by molar-refractivity contribution is -0.119. The van der Waals surface area contributed by atoms with Gasteiger partial charge in [0.25, 0.3) is 5.91 Å². The topological polar surface area (TPSA) is 86.9 Å². The molecule has 0 fully saturated rings. The quantitative estimate of drug-likeness (QED) is 0.339. The monoisotopic (exact) mass is 450 g/mol. The smallest absolute Gasteiger partial charge is 0.256 e. The first-order valence-electron chi connectivity index (χ1n) is 9.86. The Morgan fingerprint density at radius 1 is 1.13 bits per heavy atom. The number of amides is 2. The van der Waals surface area contributed by atoms with Crippen molar-refractivity contribution in [2.45, 2.75) is 24.8 Å². The molecular formula is C23H22N4O2S2.